The predicted octanol–water partition coefficient (Wildman–Crippen LogP) is 4.19. The van der Waals surface area contributed by atoms with Gasteiger partial charge >= 0.3 is 0 Å². The van der Waals surface area contributed by atoms with E-state index in [1.807, 2.05) is 12.1 Å². The molecule has 0 aliphatic rings. The van der Waals surface area contributed by atoms with E-state index in [-0.39, 0.29) is 0 Å². The normalized spacial score (nSPS) is 11.4. The van der Waals surface area contributed by atoms with Gasteiger partial charge in [-0.1, -0.05) is 30.8 Å². The molecule has 3 aromatic rings. The van der Waals surface area contributed by atoms with Crippen molar-refractivity contribution in [3.63, 3.8) is 0 Å². The second-order valence-corrected chi connectivity index (χ2v) is 5.32. The summed E-state index contributed by atoms with van der Waals surface area (Å²) < 4.78 is 5.88. The van der Waals surface area contributed by atoms with Crippen LogP contribution in [0.2, 0.25) is 0 Å². The quantitative estimate of drug-likeness (QED) is 0.660. The summed E-state index contributed by atoms with van der Waals surface area (Å²) in [5.74, 6) is 1.02. The number of benzene rings is 1. The van der Waals surface area contributed by atoms with Crippen LogP contribution in [-0.4, -0.2) is 15.7 Å². The molecule has 92 valence electrons. The molecule has 3 nitrogen and oxygen atoms in total. The highest BCUT2D eigenvalue weighted by Crippen LogP contribution is 2.30. The molecule has 2 aromatic heterocycles. The molecule has 18 heavy (non-hydrogen) atoms. The van der Waals surface area contributed by atoms with Crippen molar-refractivity contribution in [3.05, 3.63) is 30.0 Å². The summed E-state index contributed by atoms with van der Waals surface area (Å²) >= 11 is 1.66. The van der Waals surface area contributed by atoms with Gasteiger partial charge in [-0.3, -0.25) is 4.98 Å². The molecular formula is C14H14N2OS. The number of hydrogen-bond acceptors (Lipinski definition) is 4. The van der Waals surface area contributed by atoms with Crippen LogP contribution in [0.1, 0.15) is 18.9 Å². The summed E-state index contributed by atoms with van der Waals surface area (Å²) in [5, 5.41) is 1.82. The summed E-state index contributed by atoms with van der Waals surface area (Å²) in [6.07, 6.45) is 2.90. The molecule has 0 fully saturated rings. The van der Waals surface area contributed by atoms with Crippen molar-refractivity contribution in [2.45, 2.75) is 25.5 Å². The number of nitrogens with zero attached hydrogens (tertiary/aromatic N) is 2. The Morgan fingerprint density at radius 2 is 2.17 bits per heavy atom. The smallest absolute Gasteiger partial charge is 0.256 e. The second-order valence-electron chi connectivity index (χ2n) is 4.27. The Morgan fingerprint density at radius 3 is 3.00 bits per heavy atom. The first-order valence-corrected chi connectivity index (χ1v) is 7.06. The van der Waals surface area contributed by atoms with E-state index < -0.39 is 0 Å². The summed E-state index contributed by atoms with van der Waals surface area (Å²) in [4.78, 5) is 8.91. The van der Waals surface area contributed by atoms with Gasteiger partial charge in [0.2, 0.25) is 0 Å². The van der Waals surface area contributed by atoms with Crippen molar-refractivity contribution in [1.82, 2.24) is 9.97 Å². The molecule has 1 aromatic carbocycles. The third kappa shape index (κ3) is 1.86. The highest BCUT2D eigenvalue weighted by Gasteiger charge is 2.11. The van der Waals surface area contributed by atoms with Gasteiger partial charge in [0.1, 0.15) is 5.52 Å². The number of pyridine rings is 1. The summed E-state index contributed by atoms with van der Waals surface area (Å²) in [6.45, 7) is 4.22. The fraction of sp³-hybridized carbons (Fsp3) is 0.286. The minimum Gasteiger partial charge on any atom is -0.431 e. The van der Waals surface area contributed by atoms with Gasteiger partial charge < -0.3 is 4.42 Å². The molecule has 0 spiro atoms. The van der Waals surface area contributed by atoms with E-state index in [2.05, 4.69) is 29.9 Å². The van der Waals surface area contributed by atoms with Crippen molar-refractivity contribution in [2.24, 2.45) is 0 Å². The van der Waals surface area contributed by atoms with Gasteiger partial charge in [0.05, 0.1) is 11.7 Å². The van der Waals surface area contributed by atoms with Crippen molar-refractivity contribution < 1.29 is 4.42 Å². The highest BCUT2D eigenvalue weighted by atomic mass is 32.2. The summed E-state index contributed by atoms with van der Waals surface area (Å²) in [5.41, 5.74) is 3.84. The molecule has 2 heterocycles. The molecule has 3 rings (SSSR count). The third-order valence-electron chi connectivity index (χ3n) is 2.87. The molecule has 0 unspecified atom stereocenters. The third-order valence-corrected chi connectivity index (χ3v) is 3.90. The maximum atomic E-state index is 5.88. The van der Waals surface area contributed by atoms with Crippen molar-refractivity contribution in [2.75, 3.05) is 5.75 Å². The second kappa shape index (κ2) is 4.61. The van der Waals surface area contributed by atoms with E-state index in [1.165, 1.54) is 5.56 Å². The van der Waals surface area contributed by atoms with Crippen molar-refractivity contribution in [1.29, 1.82) is 0 Å². The Labute approximate surface area is 110 Å². The molecule has 0 radical (unpaired) electrons. The number of rotatable bonds is 3. The van der Waals surface area contributed by atoms with E-state index in [4.69, 9.17) is 4.42 Å². The van der Waals surface area contributed by atoms with Gasteiger partial charge in [-0.05, 0) is 25.0 Å². The van der Waals surface area contributed by atoms with E-state index in [0.29, 0.717) is 0 Å². The lowest BCUT2D eigenvalue weighted by Gasteiger charge is -2.00. The minimum absolute atomic E-state index is 0.740. The first-order valence-electron chi connectivity index (χ1n) is 6.07. The molecule has 0 saturated heterocycles. The maximum absolute atomic E-state index is 5.88. The van der Waals surface area contributed by atoms with Gasteiger partial charge in [0, 0.05) is 11.1 Å². The maximum Gasteiger partial charge on any atom is 0.256 e. The van der Waals surface area contributed by atoms with Gasteiger partial charge in [0.15, 0.2) is 5.58 Å². The zero-order valence-electron chi connectivity index (χ0n) is 10.4. The zero-order chi connectivity index (χ0) is 12.5. The van der Waals surface area contributed by atoms with E-state index in [0.717, 1.165) is 39.4 Å². The molecule has 0 aliphatic heterocycles. The number of oxazole rings is 1. The van der Waals surface area contributed by atoms with Crippen molar-refractivity contribution >= 4 is 33.8 Å². The average molecular weight is 258 g/mol. The molecule has 0 saturated carbocycles. The average Bonchev–Trinajstić information content (AvgIpc) is 2.79. The van der Waals surface area contributed by atoms with Crippen LogP contribution in [-0.2, 0) is 0 Å². The van der Waals surface area contributed by atoms with Gasteiger partial charge in [-0.15, -0.1) is 0 Å². The Morgan fingerprint density at radius 1 is 1.28 bits per heavy atom. The molecule has 0 atom stereocenters. The summed E-state index contributed by atoms with van der Waals surface area (Å²) in [6, 6.07) is 6.09. The van der Waals surface area contributed by atoms with Crippen molar-refractivity contribution in [3.8, 4) is 0 Å². The summed E-state index contributed by atoms with van der Waals surface area (Å²) in [7, 11) is 0. The van der Waals surface area contributed by atoms with Gasteiger partial charge in [0.25, 0.3) is 5.22 Å². The van der Waals surface area contributed by atoms with Crippen LogP contribution < -0.4 is 0 Å². The minimum atomic E-state index is 0.740. The van der Waals surface area contributed by atoms with Crippen LogP contribution in [0.4, 0.5) is 0 Å². The zero-order valence-corrected chi connectivity index (χ0v) is 11.3. The number of aromatic nitrogens is 2. The van der Waals surface area contributed by atoms with Crippen LogP contribution in [0.3, 0.4) is 0 Å². The van der Waals surface area contributed by atoms with E-state index in [1.54, 1.807) is 18.0 Å². The Balaban J connectivity index is 2.23. The fourth-order valence-corrected chi connectivity index (χ4v) is 2.70. The predicted molar refractivity (Wildman–Crippen MR) is 75.1 cm³/mol. The topological polar surface area (TPSA) is 38.9 Å². The highest BCUT2D eigenvalue weighted by molar-refractivity contribution is 7.99. The lowest BCUT2D eigenvalue weighted by Crippen LogP contribution is -1.82. The standard InChI is InChI=1S/C14H14N2OS/c1-3-7-18-14-16-11-8-15-10-6-4-5-9(2)12(10)13(11)17-14/h4-6,8H,3,7H2,1-2H3. The Bertz CT molecular complexity index is 705. The van der Waals surface area contributed by atoms with E-state index >= 15 is 0 Å². The molecular weight excluding hydrogens is 244 g/mol. The van der Waals surface area contributed by atoms with Gasteiger partial charge in [-0.2, -0.15) is 0 Å². The van der Waals surface area contributed by atoms with Crippen LogP contribution in [0.15, 0.2) is 34.0 Å². The molecule has 0 aliphatic carbocycles. The molecule has 0 amide bonds. The fourth-order valence-electron chi connectivity index (χ4n) is 2.02. The van der Waals surface area contributed by atoms with Crippen LogP contribution >= 0.6 is 11.8 Å². The largest absolute Gasteiger partial charge is 0.431 e. The SMILES string of the molecule is CCCSc1nc2cnc3cccc(C)c3c2o1. The number of hydrogen-bond donors (Lipinski definition) is 0. The number of thioether (sulfide) groups is 1. The first kappa shape index (κ1) is 11.5. The lowest BCUT2D eigenvalue weighted by atomic mass is 10.1. The van der Waals surface area contributed by atoms with E-state index in [9.17, 15) is 0 Å². The van der Waals surface area contributed by atoms with Crippen LogP contribution in [0.25, 0.3) is 22.0 Å². The van der Waals surface area contributed by atoms with Crippen LogP contribution in [0.5, 0.6) is 0 Å². The van der Waals surface area contributed by atoms with Gasteiger partial charge in [-0.25, -0.2) is 4.98 Å². The molecule has 4 heteroatoms. The Hall–Kier alpha value is -1.55. The lowest BCUT2D eigenvalue weighted by molar-refractivity contribution is 0.491. The molecule has 0 N–H and O–H groups in total. The number of aryl methyl sites for hydroxylation is 1. The molecule has 0 bridgehead atoms. The monoisotopic (exact) mass is 258 g/mol. The number of fused-ring (bicyclic) bond motifs is 3. The first-order chi connectivity index (χ1) is 8.79. The van der Waals surface area contributed by atoms with Crippen LogP contribution in [0, 0.1) is 6.92 Å². The Kier molecular flexibility index (Phi) is 2.96.